The Kier molecular flexibility index (Phi) is 5.52. The van der Waals surface area contributed by atoms with Crippen molar-refractivity contribution < 1.29 is 9.90 Å². The molecule has 1 aromatic heterocycles. The lowest BCUT2D eigenvalue weighted by Crippen LogP contribution is -2.51. The van der Waals surface area contributed by atoms with Gasteiger partial charge in [-0.3, -0.25) is 9.69 Å². The topological polar surface area (TPSA) is 69.6 Å². The first-order chi connectivity index (χ1) is 10.3. The van der Waals surface area contributed by atoms with Gasteiger partial charge in [-0.15, -0.1) is 5.10 Å². The van der Waals surface area contributed by atoms with Crippen LogP contribution in [-0.2, 0) is 6.42 Å². The molecule has 0 saturated carbocycles. The van der Waals surface area contributed by atoms with E-state index in [0.29, 0.717) is 24.5 Å². The van der Waals surface area contributed by atoms with Crippen LogP contribution in [0.5, 0.6) is 0 Å². The summed E-state index contributed by atoms with van der Waals surface area (Å²) in [6.07, 6.45) is 0.377. The van der Waals surface area contributed by atoms with E-state index in [1.165, 1.54) is 11.5 Å². The molecular formula is C15H26N4O2S. The van der Waals surface area contributed by atoms with E-state index in [2.05, 4.69) is 14.5 Å². The monoisotopic (exact) mass is 326 g/mol. The minimum Gasteiger partial charge on any atom is -0.391 e. The van der Waals surface area contributed by atoms with Crippen molar-refractivity contribution in [1.29, 1.82) is 0 Å². The number of rotatable bonds is 4. The van der Waals surface area contributed by atoms with Crippen LogP contribution in [0, 0.1) is 5.41 Å². The molecule has 2 rings (SSSR count). The van der Waals surface area contributed by atoms with Crippen LogP contribution >= 0.6 is 11.5 Å². The van der Waals surface area contributed by atoms with E-state index >= 15 is 0 Å². The van der Waals surface area contributed by atoms with Gasteiger partial charge in [-0.1, -0.05) is 32.2 Å². The lowest BCUT2D eigenvalue weighted by Gasteiger charge is -2.37. The number of piperazine rings is 1. The lowest BCUT2D eigenvalue weighted by molar-refractivity contribution is 0.0137. The Hall–Kier alpha value is -1.05. The molecule has 0 radical (unpaired) electrons. The first-order valence-electron chi connectivity index (χ1n) is 7.83. The highest BCUT2D eigenvalue weighted by atomic mass is 32.1. The molecule has 0 unspecified atom stereocenters. The van der Waals surface area contributed by atoms with E-state index in [-0.39, 0.29) is 17.4 Å². The van der Waals surface area contributed by atoms with Crippen LogP contribution in [0.3, 0.4) is 0 Å². The van der Waals surface area contributed by atoms with E-state index in [1.807, 2.05) is 32.6 Å². The van der Waals surface area contributed by atoms with Crippen molar-refractivity contribution in [2.75, 3.05) is 32.7 Å². The third-order valence-electron chi connectivity index (χ3n) is 4.18. The van der Waals surface area contributed by atoms with Gasteiger partial charge in [0, 0.05) is 32.7 Å². The SMILES string of the molecule is CCc1nnsc1C(=O)N1CCN(C[C@H](O)C(C)(C)C)CC1. The third-order valence-corrected chi connectivity index (χ3v) is 4.93. The van der Waals surface area contributed by atoms with E-state index in [4.69, 9.17) is 0 Å². The van der Waals surface area contributed by atoms with Crippen molar-refractivity contribution in [2.45, 2.75) is 40.2 Å². The largest absolute Gasteiger partial charge is 0.391 e. The summed E-state index contributed by atoms with van der Waals surface area (Å²) in [6.45, 7) is 11.8. The number of carbonyl (C=O) groups excluding carboxylic acids is 1. The molecule has 6 nitrogen and oxygen atoms in total. The predicted molar refractivity (Wildman–Crippen MR) is 87.1 cm³/mol. The van der Waals surface area contributed by atoms with Gasteiger partial charge in [0.05, 0.1) is 11.8 Å². The van der Waals surface area contributed by atoms with Crippen LogP contribution in [0.2, 0.25) is 0 Å². The molecule has 1 aliphatic heterocycles. The van der Waals surface area contributed by atoms with Gasteiger partial charge < -0.3 is 10.0 Å². The molecule has 0 spiro atoms. The van der Waals surface area contributed by atoms with Crippen molar-refractivity contribution in [2.24, 2.45) is 5.41 Å². The zero-order valence-electron chi connectivity index (χ0n) is 13.9. The Morgan fingerprint density at radius 1 is 1.32 bits per heavy atom. The molecule has 1 atom stereocenters. The number of aryl methyl sites for hydroxylation is 1. The molecule has 1 aliphatic rings. The van der Waals surface area contributed by atoms with Crippen molar-refractivity contribution in [3.8, 4) is 0 Å². The molecule has 0 aliphatic carbocycles. The van der Waals surface area contributed by atoms with Crippen LogP contribution < -0.4 is 0 Å². The fraction of sp³-hybridized carbons (Fsp3) is 0.800. The number of amides is 1. The molecule has 1 amide bonds. The first-order valence-corrected chi connectivity index (χ1v) is 8.61. The number of hydrogen-bond acceptors (Lipinski definition) is 6. The normalized spacial score (nSPS) is 18.5. The van der Waals surface area contributed by atoms with Gasteiger partial charge in [-0.2, -0.15) is 0 Å². The average molecular weight is 326 g/mol. The van der Waals surface area contributed by atoms with E-state index in [9.17, 15) is 9.90 Å². The Morgan fingerprint density at radius 3 is 2.50 bits per heavy atom. The predicted octanol–water partition coefficient (Wildman–Crippen LogP) is 1.27. The van der Waals surface area contributed by atoms with Gasteiger partial charge in [0.1, 0.15) is 4.88 Å². The third kappa shape index (κ3) is 4.02. The number of carbonyl (C=O) groups is 1. The maximum absolute atomic E-state index is 12.5. The Bertz CT molecular complexity index is 504. The quantitative estimate of drug-likeness (QED) is 0.902. The number of aliphatic hydroxyl groups is 1. The highest BCUT2D eigenvalue weighted by molar-refractivity contribution is 7.08. The molecule has 1 fully saturated rings. The second kappa shape index (κ2) is 7.02. The fourth-order valence-corrected chi connectivity index (χ4v) is 3.12. The molecule has 1 N–H and O–H groups in total. The number of aliphatic hydroxyl groups excluding tert-OH is 1. The molecular weight excluding hydrogens is 300 g/mol. The second-order valence-electron chi connectivity index (χ2n) is 6.88. The Morgan fingerprint density at radius 2 is 1.95 bits per heavy atom. The van der Waals surface area contributed by atoms with Crippen molar-refractivity contribution in [1.82, 2.24) is 19.4 Å². The van der Waals surface area contributed by atoms with Crippen LogP contribution in [0.15, 0.2) is 0 Å². The summed E-state index contributed by atoms with van der Waals surface area (Å²) >= 11 is 1.18. The average Bonchev–Trinajstić information content (AvgIpc) is 2.94. The molecule has 0 aromatic carbocycles. The maximum atomic E-state index is 12.5. The van der Waals surface area contributed by atoms with Crippen LogP contribution in [0.1, 0.15) is 43.1 Å². The van der Waals surface area contributed by atoms with Crippen LogP contribution in [-0.4, -0.2) is 69.2 Å². The van der Waals surface area contributed by atoms with Gasteiger partial charge >= 0.3 is 0 Å². The summed E-state index contributed by atoms with van der Waals surface area (Å²) in [7, 11) is 0. The number of nitrogens with zero attached hydrogens (tertiary/aromatic N) is 4. The Balaban J connectivity index is 1.88. The van der Waals surface area contributed by atoms with E-state index in [0.717, 1.165) is 25.2 Å². The van der Waals surface area contributed by atoms with E-state index < -0.39 is 0 Å². The zero-order valence-corrected chi connectivity index (χ0v) is 14.7. The van der Waals surface area contributed by atoms with Gasteiger partial charge in [0.15, 0.2) is 0 Å². The number of hydrogen-bond donors (Lipinski definition) is 1. The van der Waals surface area contributed by atoms with Crippen molar-refractivity contribution in [3.05, 3.63) is 10.6 Å². The lowest BCUT2D eigenvalue weighted by atomic mass is 9.89. The minimum atomic E-state index is -0.354. The van der Waals surface area contributed by atoms with Crippen molar-refractivity contribution in [3.63, 3.8) is 0 Å². The molecule has 0 bridgehead atoms. The highest BCUT2D eigenvalue weighted by Gasteiger charge is 2.29. The van der Waals surface area contributed by atoms with Gasteiger partial charge in [0.25, 0.3) is 5.91 Å². The molecule has 124 valence electrons. The summed E-state index contributed by atoms with van der Waals surface area (Å²) in [5, 5.41) is 14.2. The summed E-state index contributed by atoms with van der Waals surface area (Å²) in [4.78, 5) is 17.3. The highest BCUT2D eigenvalue weighted by Crippen LogP contribution is 2.21. The molecule has 1 aromatic rings. The van der Waals surface area contributed by atoms with Gasteiger partial charge in [-0.25, -0.2) is 0 Å². The molecule has 7 heteroatoms. The zero-order chi connectivity index (χ0) is 16.3. The van der Waals surface area contributed by atoms with E-state index in [1.54, 1.807) is 0 Å². The molecule has 1 saturated heterocycles. The summed E-state index contributed by atoms with van der Waals surface area (Å²) in [5.41, 5.74) is 0.678. The van der Waals surface area contributed by atoms with Gasteiger partial charge in [-0.05, 0) is 23.4 Å². The van der Waals surface area contributed by atoms with Crippen molar-refractivity contribution >= 4 is 17.4 Å². The van der Waals surface area contributed by atoms with Crippen LogP contribution in [0.25, 0.3) is 0 Å². The first kappa shape index (κ1) is 17.3. The summed E-state index contributed by atoms with van der Waals surface area (Å²) in [5.74, 6) is 0.0443. The fourth-order valence-electron chi connectivity index (χ4n) is 2.40. The van der Waals surface area contributed by atoms with Crippen LogP contribution in [0.4, 0.5) is 0 Å². The molecule has 2 heterocycles. The maximum Gasteiger partial charge on any atom is 0.267 e. The second-order valence-corrected chi connectivity index (χ2v) is 7.63. The number of β-amino-alcohol motifs (C(OH)–C–C–N with tert-alkyl or cyclic N) is 1. The molecule has 22 heavy (non-hydrogen) atoms. The summed E-state index contributed by atoms with van der Waals surface area (Å²) in [6, 6.07) is 0. The minimum absolute atomic E-state index is 0.0443. The smallest absolute Gasteiger partial charge is 0.267 e. The standard InChI is InChI=1S/C15H26N4O2S/c1-5-11-13(22-17-16-11)14(21)19-8-6-18(7-9-19)10-12(20)15(2,3)4/h12,20H,5-10H2,1-4H3/t12-/m0/s1. The number of aromatic nitrogens is 2. The summed E-state index contributed by atoms with van der Waals surface area (Å²) < 4.78 is 3.89. The van der Waals surface area contributed by atoms with Gasteiger partial charge in [0.2, 0.25) is 0 Å². The Labute approximate surface area is 136 Å².